The monoisotopic (exact) mass is 420 g/mol. The zero-order valence-electron chi connectivity index (χ0n) is 16.8. The first-order valence-corrected chi connectivity index (χ1v) is 11.4. The van der Waals surface area contributed by atoms with Crippen LogP contribution in [-0.2, 0) is 10.0 Å². The van der Waals surface area contributed by atoms with E-state index >= 15 is 0 Å². The SMILES string of the molecule is Cc1ccc(/C=C\S(=O)(=O)N2CCN(c3ccc(-c4ccccc4)nn3)CC2)cc1. The normalized spacial score (nSPS) is 15.6. The van der Waals surface area contributed by atoms with Crippen LogP contribution in [0.15, 0.2) is 72.1 Å². The second kappa shape index (κ2) is 8.77. The fourth-order valence-corrected chi connectivity index (χ4v) is 4.53. The number of anilines is 1. The molecule has 0 aliphatic carbocycles. The van der Waals surface area contributed by atoms with E-state index in [0.29, 0.717) is 26.2 Å². The molecule has 0 spiro atoms. The van der Waals surface area contributed by atoms with Gasteiger partial charge in [-0.1, -0.05) is 60.2 Å². The maximum Gasteiger partial charge on any atom is 0.236 e. The molecule has 0 N–H and O–H groups in total. The van der Waals surface area contributed by atoms with Gasteiger partial charge in [0.05, 0.1) is 5.69 Å². The molecule has 1 aliphatic heterocycles. The van der Waals surface area contributed by atoms with E-state index in [1.807, 2.05) is 73.7 Å². The lowest BCUT2D eigenvalue weighted by Crippen LogP contribution is -2.48. The molecule has 154 valence electrons. The molecule has 30 heavy (non-hydrogen) atoms. The first-order chi connectivity index (χ1) is 14.5. The Morgan fingerprint density at radius 1 is 0.833 bits per heavy atom. The van der Waals surface area contributed by atoms with Gasteiger partial charge in [-0.15, -0.1) is 10.2 Å². The number of hydrogen-bond donors (Lipinski definition) is 0. The number of nitrogens with zero attached hydrogens (tertiary/aromatic N) is 4. The summed E-state index contributed by atoms with van der Waals surface area (Å²) in [5.41, 5.74) is 3.86. The first kappa shape index (κ1) is 20.3. The molecule has 1 saturated heterocycles. The van der Waals surface area contributed by atoms with E-state index in [9.17, 15) is 8.42 Å². The van der Waals surface area contributed by atoms with Crippen molar-refractivity contribution in [1.82, 2.24) is 14.5 Å². The highest BCUT2D eigenvalue weighted by atomic mass is 32.2. The molecule has 4 rings (SSSR count). The van der Waals surface area contributed by atoms with Gasteiger partial charge in [-0.25, -0.2) is 8.42 Å². The van der Waals surface area contributed by atoms with Crippen molar-refractivity contribution >= 4 is 21.9 Å². The molecule has 0 atom stereocenters. The van der Waals surface area contributed by atoms with E-state index in [1.54, 1.807) is 6.08 Å². The third kappa shape index (κ3) is 4.75. The Hall–Kier alpha value is -3.03. The summed E-state index contributed by atoms with van der Waals surface area (Å²) in [4.78, 5) is 2.07. The summed E-state index contributed by atoms with van der Waals surface area (Å²) >= 11 is 0. The number of hydrogen-bond acceptors (Lipinski definition) is 5. The van der Waals surface area contributed by atoms with Crippen molar-refractivity contribution < 1.29 is 8.42 Å². The molecule has 0 amide bonds. The third-order valence-electron chi connectivity index (χ3n) is 5.15. The molecule has 3 aromatic rings. The Morgan fingerprint density at radius 2 is 1.53 bits per heavy atom. The van der Waals surface area contributed by atoms with Crippen LogP contribution in [0.1, 0.15) is 11.1 Å². The molecule has 7 heteroatoms. The van der Waals surface area contributed by atoms with Crippen LogP contribution < -0.4 is 4.90 Å². The minimum atomic E-state index is -3.45. The van der Waals surface area contributed by atoms with Crippen LogP contribution in [0.3, 0.4) is 0 Å². The molecule has 1 fully saturated rings. The number of aryl methyl sites for hydroxylation is 1. The van der Waals surface area contributed by atoms with Crippen molar-refractivity contribution in [2.45, 2.75) is 6.92 Å². The number of sulfonamides is 1. The molecule has 6 nitrogen and oxygen atoms in total. The Balaban J connectivity index is 1.38. The van der Waals surface area contributed by atoms with Gasteiger partial charge in [-0.05, 0) is 30.7 Å². The van der Waals surface area contributed by atoms with Gasteiger partial charge in [-0.2, -0.15) is 4.31 Å². The number of piperazine rings is 1. The predicted octanol–water partition coefficient (Wildman–Crippen LogP) is 3.57. The molecule has 0 saturated carbocycles. The summed E-state index contributed by atoms with van der Waals surface area (Å²) in [6.45, 7) is 4.00. The van der Waals surface area contributed by atoms with Crippen LogP contribution in [0, 0.1) is 6.92 Å². The Labute approximate surface area is 177 Å². The van der Waals surface area contributed by atoms with Crippen molar-refractivity contribution in [2.75, 3.05) is 31.1 Å². The lowest BCUT2D eigenvalue weighted by molar-refractivity contribution is 0.388. The van der Waals surface area contributed by atoms with Gasteiger partial charge in [0.2, 0.25) is 10.0 Å². The average molecular weight is 421 g/mol. The molecule has 2 heterocycles. The van der Waals surface area contributed by atoms with Gasteiger partial charge in [0.1, 0.15) is 0 Å². The quantitative estimate of drug-likeness (QED) is 0.631. The lowest BCUT2D eigenvalue weighted by atomic mass is 10.1. The molecule has 2 aromatic carbocycles. The van der Waals surface area contributed by atoms with E-state index in [0.717, 1.165) is 28.2 Å². The Kier molecular flexibility index (Phi) is 5.92. The summed E-state index contributed by atoms with van der Waals surface area (Å²) in [6, 6.07) is 21.6. The van der Waals surface area contributed by atoms with Gasteiger partial charge in [-0.3, -0.25) is 0 Å². The summed E-state index contributed by atoms with van der Waals surface area (Å²) < 4.78 is 26.8. The number of benzene rings is 2. The highest BCUT2D eigenvalue weighted by molar-refractivity contribution is 7.92. The second-order valence-electron chi connectivity index (χ2n) is 7.29. The Morgan fingerprint density at radius 3 is 2.17 bits per heavy atom. The molecule has 0 bridgehead atoms. The van der Waals surface area contributed by atoms with Gasteiger partial charge in [0, 0.05) is 37.2 Å². The topological polar surface area (TPSA) is 66.4 Å². The number of rotatable bonds is 5. The standard InChI is InChI=1S/C23H24N4O2S/c1-19-7-9-20(10-8-19)13-18-30(28,29)27-16-14-26(15-17-27)23-12-11-22(24-25-23)21-5-3-2-4-6-21/h2-13,18H,14-17H2,1H3/b18-13-. The molecule has 0 radical (unpaired) electrons. The predicted molar refractivity (Wildman–Crippen MR) is 120 cm³/mol. The van der Waals surface area contributed by atoms with Crippen molar-refractivity contribution in [1.29, 1.82) is 0 Å². The molecular formula is C23H24N4O2S. The molecule has 0 unspecified atom stereocenters. The summed E-state index contributed by atoms with van der Waals surface area (Å²) in [6.07, 6.45) is 1.65. The highest BCUT2D eigenvalue weighted by Crippen LogP contribution is 2.20. The minimum Gasteiger partial charge on any atom is -0.352 e. The average Bonchev–Trinajstić information content (AvgIpc) is 2.80. The largest absolute Gasteiger partial charge is 0.352 e. The lowest BCUT2D eigenvalue weighted by Gasteiger charge is -2.33. The minimum absolute atomic E-state index is 0.419. The van der Waals surface area contributed by atoms with Crippen LogP contribution in [0.4, 0.5) is 5.82 Å². The van der Waals surface area contributed by atoms with Gasteiger partial charge >= 0.3 is 0 Å². The summed E-state index contributed by atoms with van der Waals surface area (Å²) in [7, 11) is -3.45. The molecular weight excluding hydrogens is 396 g/mol. The van der Waals surface area contributed by atoms with Crippen molar-refractivity contribution in [3.63, 3.8) is 0 Å². The van der Waals surface area contributed by atoms with Crippen molar-refractivity contribution in [3.05, 3.63) is 83.3 Å². The van der Waals surface area contributed by atoms with Crippen molar-refractivity contribution in [2.24, 2.45) is 0 Å². The maximum absolute atomic E-state index is 12.7. The molecule has 1 aliphatic rings. The summed E-state index contributed by atoms with van der Waals surface area (Å²) in [5.74, 6) is 0.766. The van der Waals surface area contributed by atoms with Crippen LogP contribution in [0.2, 0.25) is 0 Å². The van der Waals surface area contributed by atoms with Gasteiger partial charge in [0.15, 0.2) is 5.82 Å². The summed E-state index contributed by atoms with van der Waals surface area (Å²) in [5, 5.41) is 9.96. The highest BCUT2D eigenvalue weighted by Gasteiger charge is 2.25. The van der Waals surface area contributed by atoms with Gasteiger partial charge < -0.3 is 4.90 Å². The maximum atomic E-state index is 12.7. The smallest absolute Gasteiger partial charge is 0.236 e. The number of aromatic nitrogens is 2. The van der Waals surface area contributed by atoms with Crippen LogP contribution in [-0.4, -0.2) is 49.1 Å². The zero-order valence-corrected chi connectivity index (χ0v) is 17.7. The second-order valence-corrected chi connectivity index (χ2v) is 9.11. The van der Waals surface area contributed by atoms with E-state index in [1.165, 1.54) is 9.71 Å². The first-order valence-electron chi connectivity index (χ1n) is 9.90. The van der Waals surface area contributed by atoms with Crippen LogP contribution in [0.25, 0.3) is 17.3 Å². The van der Waals surface area contributed by atoms with E-state index in [2.05, 4.69) is 15.1 Å². The van der Waals surface area contributed by atoms with Crippen LogP contribution >= 0.6 is 0 Å². The van der Waals surface area contributed by atoms with E-state index in [4.69, 9.17) is 0 Å². The fraction of sp³-hybridized carbons (Fsp3) is 0.217. The fourth-order valence-electron chi connectivity index (χ4n) is 3.36. The third-order valence-corrected chi connectivity index (χ3v) is 6.72. The van der Waals surface area contributed by atoms with E-state index in [-0.39, 0.29) is 0 Å². The van der Waals surface area contributed by atoms with E-state index < -0.39 is 10.0 Å². The van der Waals surface area contributed by atoms with Crippen molar-refractivity contribution in [3.8, 4) is 11.3 Å². The van der Waals surface area contributed by atoms with Gasteiger partial charge in [0.25, 0.3) is 0 Å². The zero-order chi connectivity index (χ0) is 21.0. The van der Waals surface area contributed by atoms with Crippen LogP contribution in [0.5, 0.6) is 0 Å². The Bertz CT molecular complexity index is 1100. The molecule has 1 aromatic heterocycles.